The fraction of sp³-hybridized carbons (Fsp3) is 0.571. The highest BCUT2D eigenvalue weighted by molar-refractivity contribution is 6.31. The third kappa shape index (κ3) is 1.94. The summed E-state index contributed by atoms with van der Waals surface area (Å²) in [6.45, 7) is 1.96. The number of rotatable bonds is 2. The van der Waals surface area contributed by atoms with Crippen LogP contribution < -0.4 is 0 Å². The smallest absolute Gasteiger partial charge is 0.127 e. The van der Waals surface area contributed by atoms with Gasteiger partial charge >= 0.3 is 0 Å². The Hall–Kier alpha value is -0.640. The molecule has 1 N–H and O–H groups in total. The van der Waals surface area contributed by atoms with Gasteiger partial charge in [-0.25, -0.2) is 4.39 Å². The first kappa shape index (κ1) is 12.4. The minimum Gasteiger partial charge on any atom is -0.388 e. The number of fused-ring (bicyclic) bond motifs is 1. The lowest BCUT2D eigenvalue weighted by atomic mass is 9.86. The first-order valence-electron chi connectivity index (χ1n) is 6.49. The van der Waals surface area contributed by atoms with E-state index in [0.29, 0.717) is 23.4 Å². The molecule has 2 aliphatic heterocycles. The van der Waals surface area contributed by atoms with Gasteiger partial charge in [0, 0.05) is 29.6 Å². The van der Waals surface area contributed by atoms with Gasteiger partial charge in [0.05, 0.1) is 5.60 Å². The van der Waals surface area contributed by atoms with E-state index in [-0.39, 0.29) is 11.9 Å². The molecular weight excluding hydrogens is 253 g/mol. The zero-order chi connectivity index (χ0) is 12.8. The highest BCUT2D eigenvalue weighted by atomic mass is 35.5. The average Bonchev–Trinajstić information content (AvgIpc) is 2.90. The van der Waals surface area contributed by atoms with Gasteiger partial charge in [-0.1, -0.05) is 17.7 Å². The number of benzene rings is 1. The molecule has 1 aromatic carbocycles. The van der Waals surface area contributed by atoms with Crippen LogP contribution in [0.25, 0.3) is 0 Å². The molecule has 0 spiro atoms. The van der Waals surface area contributed by atoms with Gasteiger partial charge < -0.3 is 5.11 Å². The summed E-state index contributed by atoms with van der Waals surface area (Å²) in [6.07, 6.45) is 3.16. The van der Waals surface area contributed by atoms with Gasteiger partial charge in [-0.3, -0.25) is 4.90 Å². The fourth-order valence-electron chi connectivity index (χ4n) is 3.42. The van der Waals surface area contributed by atoms with Crippen molar-refractivity contribution in [3.05, 3.63) is 34.6 Å². The number of hydrogen-bond acceptors (Lipinski definition) is 2. The van der Waals surface area contributed by atoms with E-state index in [2.05, 4.69) is 4.90 Å². The predicted octanol–water partition coefficient (Wildman–Crippen LogP) is 2.62. The van der Waals surface area contributed by atoms with Gasteiger partial charge in [0.15, 0.2) is 0 Å². The van der Waals surface area contributed by atoms with E-state index in [1.165, 1.54) is 6.07 Å². The van der Waals surface area contributed by atoms with Crippen LogP contribution in [-0.2, 0) is 6.42 Å². The van der Waals surface area contributed by atoms with Gasteiger partial charge in [-0.15, -0.1) is 0 Å². The molecule has 1 aromatic rings. The van der Waals surface area contributed by atoms with E-state index in [4.69, 9.17) is 11.6 Å². The summed E-state index contributed by atoms with van der Waals surface area (Å²) in [7, 11) is 0. The molecule has 2 unspecified atom stereocenters. The summed E-state index contributed by atoms with van der Waals surface area (Å²) >= 11 is 6.05. The first-order chi connectivity index (χ1) is 8.60. The standard InChI is InChI=1S/C14H17ClFNO/c15-11-3-1-4-12(16)10(11)9-14(18)6-8-17-7-2-5-13(14)17/h1,3-4,13,18H,2,5-9H2. The molecule has 2 fully saturated rings. The van der Waals surface area contributed by atoms with E-state index >= 15 is 0 Å². The third-order valence-electron chi connectivity index (χ3n) is 4.36. The second-order valence-corrected chi connectivity index (χ2v) is 5.83. The molecule has 98 valence electrons. The molecule has 18 heavy (non-hydrogen) atoms. The van der Waals surface area contributed by atoms with Crippen molar-refractivity contribution in [2.75, 3.05) is 13.1 Å². The summed E-state index contributed by atoms with van der Waals surface area (Å²) in [5, 5.41) is 11.2. The van der Waals surface area contributed by atoms with Crippen LogP contribution >= 0.6 is 11.6 Å². The van der Waals surface area contributed by atoms with Crippen LogP contribution in [-0.4, -0.2) is 34.7 Å². The molecule has 0 radical (unpaired) electrons. The van der Waals surface area contributed by atoms with Crippen molar-refractivity contribution in [2.24, 2.45) is 0 Å². The Morgan fingerprint density at radius 1 is 1.44 bits per heavy atom. The van der Waals surface area contributed by atoms with Crippen LogP contribution in [0.2, 0.25) is 5.02 Å². The Morgan fingerprint density at radius 2 is 2.28 bits per heavy atom. The molecule has 0 aliphatic carbocycles. The number of halogens is 2. The first-order valence-corrected chi connectivity index (χ1v) is 6.87. The quantitative estimate of drug-likeness (QED) is 0.892. The second-order valence-electron chi connectivity index (χ2n) is 5.42. The molecule has 2 aliphatic rings. The van der Waals surface area contributed by atoms with Crippen LogP contribution in [0, 0.1) is 5.82 Å². The fourth-order valence-corrected chi connectivity index (χ4v) is 3.65. The van der Waals surface area contributed by atoms with Gasteiger partial charge in [0.1, 0.15) is 5.82 Å². The summed E-state index contributed by atoms with van der Waals surface area (Å²) in [5.74, 6) is -0.313. The van der Waals surface area contributed by atoms with Crippen molar-refractivity contribution in [2.45, 2.75) is 37.3 Å². The molecule has 0 saturated carbocycles. The Bertz CT molecular complexity index is 447. The van der Waals surface area contributed by atoms with Crippen LogP contribution in [0.5, 0.6) is 0 Å². The highest BCUT2D eigenvalue weighted by Gasteiger charge is 2.48. The lowest BCUT2D eigenvalue weighted by molar-refractivity contribution is 0.0134. The lowest BCUT2D eigenvalue weighted by Crippen LogP contribution is -2.43. The van der Waals surface area contributed by atoms with Gasteiger partial charge in [0.25, 0.3) is 0 Å². The number of nitrogens with zero attached hydrogens (tertiary/aromatic N) is 1. The Morgan fingerprint density at radius 3 is 3.06 bits per heavy atom. The van der Waals surface area contributed by atoms with Crippen LogP contribution in [0.4, 0.5) is 4.39 Å². The molecule has 3 rings (SSSR count). The van der Waals surface area contributed by atoms with E-state index in [9.17, 15) is 9.50 Å². The molecule has 2 atom stereocenters. The second kappa shape index (κ2) is 4.48. The van der Waals surface area contributed by atoms with E-state index in [0.717, 1.165) is 25.9 Å². The summed E-state index contributed by atoms with van der Waals surface area (Å²) < 4.78 is 13.8. The summed E-state index contributed by atoms with van der Waals surface area (Å²) in [4.78, 5) is 2.31. The Labute approximate surface area is 111 Å². The maximum atomic E-state index is 13.8. The molecule has 2 nitrogen and oxygen atoms in total. The largest absolute Gasteiger partial charge is 0.388 e. The summed E-state index contributed by atoms with van der Waals surface area (Å²) in [5.41, 5.74) is -0.363. The monoisotopic (exact) mass is 269 g/mol. The Kier molecular flexibility index (Phi) is 3.08. The zero-order valence-corrected chi connectivity index (χ0v) is 11.0. The topological polar surface area (TPSA) is 23.5 Å². The highest BCUT2D eigenvalue weighted by Crippen LogP contribution is 2.39. The van der Waals surface area contributed by atoms with Gasteiger partial charge in [-0.2, -0.15) is 0 Å². The molecular formula is C14H17ClFNO. The van der Waals surface area contributed by atoms with E-state index in [1.807, 2.05) is 0 Å². The maximum Gasteiger partial charge on any atom is 0.127 e. The summed E-state index contributed by atoms with van der Waals surface area (Å²) in [6, 6.07) is 4.87. The normalized spacial score (nSPS) is 31.8. The van der Waals surface area contributed by atoms with Crippen molar-refractivity contribution in [3.63, 3.8) is 0 Å². The maximum absolute atomic E-state index is 13.8. The molecule has 0 bridgehead atoms. The molecule has 4 heteroatoms. The van der Waals surface area contributed by atoms with Crippen molar-refractivity contribution in [1.82, 2.24) is 4.90 Å². The molecule has 0 amide bonds. The van der Waals surface area contributed by atoms with E-state index in [1.54, 1.807) is 12.1 Å². The van der Waals surface area contributed by atoms with Crippen molar-refractivity contribution >= 4 is 11.6 Å². The SMILES string of the molecule is OC1(Cc2c(F)cccc2Cl)CCN2CCCC21. The molecule has 2 saturated heterocycles. The van der Waals surface area contributed by atoms with Crippen molar-refractivity contribution < 1.29 is 9.50 Å². The Balaban J connectivity index is 1.88. The molecule has 2 heterocycles. The number of hydrogen-bond donors (Lipinski definition) is 1. The molecule has 0 aromatic heterocycles. The average molecular weight is 270 g/mol. The van der Waals surface area contributed by atoms with Crippen molar-refractivity contribution in [1.29, 1.82) is 0 Å². The third-order valence-corrected chi connectivity index (χ3v) is 4.71. The minimum atomic E-state index is -0.817. The minimum absolute atomic E-state index is 0.174. The van der Waals surface area contributed by atoms with Crippen LogP contribution in [0.3, 0.4) is 0 Å². The van der Waals surface area contributed by atoms with Crippen LogP contribution in [0.1, 0.15) is 24.8 Å². The lowest BCUT2D eigenvalue weighted by Gasteiger charge is -2.30. The van der Waals surface area contributed by atoms with Crippen LogP contribution in [0.15, 0.2) is 18.2 Å². The van der Waals surface area contributed by atoms with E-state index < -0.39 is 5.60 Å². The zero-order valence-electron chi connectivity index (χ0n) is 10.2. The van der Waals surface area contributed by atoms with Gasteiger partial charge in [-0.05, 0) is 37.9 Å². The van der Waals surface area contributed by atoms with Crippen molar-refractivity contribution in [3.8, 4) is 0 Å². The number of aliphatic hydroxyl groups is 1. The predicted molar refractivity (Wildman–Crippen MR) is 69.3 cm³/mol. The van der Waals surface area contributed by atoms with Gasteiger partial charge in [0.2, 0.25) is 0 Å².